The Hall–Kier alpha value is -3.81. The third-order valence-corrected chi connectivity index (χ3v) is 6.09. The first kappa shape index (κ1) is 24.3. The van der Waals surface area contributed by atoms with Crippen LogP contribution in [0.3, 0.4) is 0 Å². The lowest BCUT2D eigenvalue weighted by Gasteiger charge is -2.14. The molecule has 1 atom stereocenters. The molecule has 1 aromatic heterocycles. The minimum atomic E-state index is -1.31. The maximum absolute atomic E-state index is 14.7. The summed E-state index contributed by atoms with van der Waals surface area (Å²) in [5.74, 6) is -1.02. The Morgan fingerprint density at radius 2 is 1.71 bits per heavy atom. The number of aryl methyl sites for hydroxylation is 2. The molecule has 0 amide bonds. The molecule has 0 radical (unpaired) electrons. The van der Waals surface area contributed by atoms with Gasteiger partial charge in [0.25, 0.3) is 0 Å². The Bertz CT molecular complexity index is 1380. The average molecular weight is 475 g/mol. The number of halogens is 1. The standard InChI is InChI=1S/C28H27FN2O4/c1-16-6-4-5-7-21(16)22-10-9-20(14-17(22)2)27-18(3)26(31-35-27)19-8-11-23(24(29)15-19)28(34)30-13-12-25(32)33/h4-11,14-15,28,30,34H,12-13H2,1-3H3,(H,32,33). The maximum Gasteiger partial charge on any atom is 0.304 e. The number of carbonyl (C=O) groups is 1. The topological polar surface area (TPSA) is 95.6 Å². The molecule has 0 saturated carbocycles. The van der Waals surface area contributed by atoms with Crippen LogP contribution in [0.1, 0.15) is 34.9 Å². The second-order valence-corrected chi connectivity index (χ2v) is 8.57. The van der Waals surface area contributed by atoms with E-state index in [4.69, 9.17) is 9.63 Å². The Morgan fingerprint density at radius 3 is 2.40 bits per heavy atom. The van der Waals surface area contributed by atoms with Crippen LogP contribution in [0.15, 0.2) is 65.2 Å². The molecule has 180 valence electrons. The van der Waals surface area contributed by atoms with Crippen LogP contribution in [-0.2, 0) is 4.79 Å². The highest BCUT2D eigenvalue weighted by Gasteiger charge is 2.19. The summed E-state index contributed by atoms with van der Waals surface area (Å²) in [5.41, 5.74) is 7.36. The fourth-order valence-corrected chi connectivity index (χ4v) is 4.18. The highest BCUT2D eigenvalue weighted by atomic mass is 19.1. The van der Waals surface area contributed by atoms with E-state index in [1.54, 1.807) is 6.07 Å². The van der Waals surface area contributed by atoms with Crippen molar-refractivity contribution in [3.05, 3.63) is 88.7 Å². The summed E-state index contributed by atoms with van der Waals surface area (Å²) in [6.07, 6.45) is -1.49. The Kier molecular flexibility index (Phi) is 7.10. The van der Waals surface area contributed by atoms with E-state index in [2.05, 4.69) is 48.6 Å². The predicted molar refractivity (Wildman–Crippen MR) is 132 cm³/mol. The van der Waals surface area contributed by atoms with Gasteiger partial charge >= 0.3 is 5.97 Å². The van der Waals surface area contributed by atoms with Gasteiger partial charge in [0, 0.05) is 28.8 Å². The van der Waals surface area contributed by atoms with Crippen molar-refractivity contribution < 1.29 is 23.9 Å². The summed E-state index contributed by atoms with van der Waals surface area (Å²) >= 11 is 0. The average Bonchev–Trinajstić information content (AvgIpc) is 3.20. The lowest BCUT2D eigenvalue weighted by Crippen LogP contribution is -2.24. The summed E-state index contributed by atoms with van der Waals surface area (Å²) in [5, 5.41) is 25.6. The molecular formula is C28H27FN2O4. The molecule has 0 aliphatic rings. The van der Waals surface area contributed by atoms with Gasteiger partial charge in [-0.1, -0.05) is 53.7 Å². The fraction of sp³-hybridized carbons (Fsp3) is 0.214. The van der Waals surface area contributed by atoms with Crippen molar-refractivity contribution >= 4 is 5.97 Å². The monoisotopic (exact) mass is 474 g/mol. The molecule has 35 heavy (non-hydrogen) atoms. The van der Waals surface area contributed by atoms with Gasteiger partial charge in [0.1, 0.15) is 17.7 Å². The number of aliphatic hydroxyl groups excluding tert-OH is 1. The van der Waals surface area contributed by atoms with Crippen LogP contribution < -0.4 is 5.32 Å². The Balaban J connectivity index is 1.59. The third-order valence-electron chi connectivity index (χ3n) is 6.09. The number of aliphatic carboxylic acids is 1. The Morgan fingerprint density at radius 1 is 1.00 bits per heavy atom. The van der Waals surface area contributed by atoms with Gasteiger partial charge in [0.15, 0.2) is 5.76 Å². The SMILES string of the molecule is Cc1ccccc1-c1ccc(-c2onc(-c3ccc(C(O)NCCC(=O)O)c(F)c3)c2C)cc1C. The number of benzene rings is 3. The molecule has 0 bridgehead atoms. The number of carboxylic acids is 1. The molecule has 0 fully saturated rings. The Labute approximate surface area is 203 Å². The van der Waals surface area contributed by atoms with E-state index in [0.717, 1.165) is 22.3 Å². The maximum atomic E-state index is 14.7. The largest absolute Gasteiger partial charge is 0.481 e. The summed E-state index contributed by atoms with van der Waals surface area (Å²) in [7, 11) is 0. The normalized spacial score (nSPS) is 12.0. The quantitative estimate of drug-likeness (QED) is 0.280. The van der Waals surface area contributed by atoms with E-state index in [1.165, 1.54) is 23.3 Å². The summed E-state index contributed by atoms with van der Waals surface area (Å²) < 4.78 is 20.4. The second kappa shape index (κ2) is 10.2. The van der Waals surface area contributed by atoms with E-state index in [9.17, 15) is 14.3 Å². The highest BCUT2D eigenvalue weighted by molar-refractivity contribution is 5.77. The summed E-state index contributed by atoms with van der Waals surface area (Å²) in [6, 6.07) is 18.8. The minimum absolute atomic E-state index is 0.0193. The zero-order valence-electron chi connectivity index (χ0n) is 19.8. The minimum Gasteiger partial charge on any atom is -0.481 e. The molecule has 0 saturated heterocycles. The third kappa shape index (κ3) is 5.16. The lowest BCUT2D eigenvalue weighted by molar-refractivity contribution is -0.137. The zero-order chi connectivity index (χ0) is 25.1. The van der Waals surface area contributed by atoms with Crippen LogP contribution in [-0.4, -0.2) is 27.9 Å². The van der Waals surface area contributed by atoms with Crippen molar-refractivity contribution in [2.75, 3.05) is 6.54 Å². The molecule has 7 heteroatoms. The molecule has 0 spiro atoms. The van der Waals surface area contributed by atoms with Gasteiger partial charge in [0.2, 0.25) is 0 Å². The first-order valence-electron chi connectivity index (χ1n) is 11.3. The number of nitrogens with zero attached hydrogens (tertiary/aromatic N) is 1. The molecule has 6 nitrogen and oxygen atoms in total. The lowest BCUT2D eigenvalue weighted by atomic mass is 9.94. The molecule has 4 rings (SSSR count). The van der Waals surface area contributed by atoms with Crippen molar-refractivity contribution in [2.24, 2.45) is 0 Å². The van der Waals surface area contributed by atoms with Gasteiger partial charge in [-0.3, -0.25) is 10.1 Å². The number of hydrogen-bond donors (Lipinski definition) is 3. The van der Waals surface area contributed by atoms with E-state index in [1.807, 2.05) is 25.1 Å². The van der Waals surface area contributed by atoms with Gasteiger partial charge in [-0.2, -0.15) is 0 Å². The van der Waals surface area contributed by atoms with Crippen molar-refractivity contribution in [3.63, 3.8) is 0 Å². The van der Waals surface area contributed by atoms with Crippen LogP contribution in [0.25, 0.3) is 33.7 Å². The van der Waals surface area contributed by atoms with Crippen LogP contribution in [0.2, 0.25) is 0 Å². The second-order valence-electron chi connectivity index (χ2n) is 8.57. The first-order valence-corrected chi connectivity index (χ1v) is 11.3. The van der Waals surface area contributed by atoms with Crippen molar-refractivity contribution in [2.45, 2.75) is 33.4 Å². The van der Waals surface area contributed by atoms with E-state index >= 15 is 0 Å². The van der Waals surface area contributed by atoms with Gasteiger partial charge < -0.3 is 14.7 Å². The highest BCUT2D eigenvalue weighted by Crippen LogP contribution is 2.35. The molecule has 0 aliphatic heterocycles. The predicted octanol–water partition coefficient (Wildman–Crippen LogP) is 5.80. The zero-order valence-corrected chi connectivity index (χ0v) is 19.8. The van der Waals surface area contributed by atoms with Crippen molar-refractivity contribution in [1.82, 2.24) is 10.5 Å². The van der Waals surface area contributed by atoms with Crippen molar-refractivity contribution in [3.8, 4) is 33.7 Å². The molecule has 1 unspecified atom stereocenters. The van der Waals surface area contributed by atoms with Crippen LogP contribution in [0.5, 0.6) is 0 Å². The van der Waals surface area contributed by atoms with Crippen LogP contribution in [0.4, 0.5) is 4.39 Å². The van der Waals surface area contributed by atoms with Gasteiger partial charge in [0.05, 0.1) is 6.42 Å². The first-order chi connectivity index (χ1) is 16.8. The number of aromatic nitrogens is 1. The van der Waals surface area contributed by atoms with Gasteiger partial charge in [-0.15, -0.1) is 0 Å². The van der Waals surface area contributed by atoms with Gasteiger partial charge in [-0.25, -0.2) is 4.39 Å². The fourth-order valence-electron chi connectivity index (χ4n) is 4.18. The molecule has 3 aromatic carbocycles. The molecular weight excluding hydrogens is 447 g/mol. The smallest absolute Gasteiger partial charge is 0.304 e. The van der Waals surface area contributed by atoms with Crippen LogP contribution >= 0.6 is 0 Å². The number of rotatable bonds is 8. The molecule has 3 N–H and O–H groups in total. The van der Waals surface area contributed by atoms with Crippen molar-refractivity contribution in [1.29, 1.82) is 0 Å². The molecule has 4 aromatic rings. The summed E-state index contributed by atoms with van der Waals surface area (Å²) in [6.45, 7) is 6.04. The molecule has 0 aliphatic carbocycles. The van der Waals surface area contributed by atoms with Crippen LogP contribution in [0, 0.1) is 26.6 Å². The van der Waals surface area contributed by atoms with E-state index < -0.39 is 18.0 Å². The molecule has 1 heterocycles. The van der Waals surface area contributed by atoms with E-state index in [-0.39, 0.29) is 18.5 Å². The number of nitrogens with one attached hydrogen (secondary N) is 1. The number of aliphatic hydroxyl groups is 1. The summed E-state index contributed by atoms with van der Waals surface area (Å²) in [4.78, 5) is 10.6. The number of hydrogen-bond acceptors (Lipinski definition) is 5. The van der Waals surface area contributed by atoms with E-state index in [0.29, 0.717) is 17.0 Å². The number of carboxylic acid groups (broad SMARTS) is 1. The van der Waals surface area contributed by atoms with Gasteiger partial charge in [-0.05, 0) is 55.2 Å².